The van der Waals surface area contributed by atoms with E-state index in [-0.39, 0.29) is 12.4 Å². The van der Waals surface area contributed by atoms with Gasteiger partial charge < -0.3 is 15.3 Å². The van der Waals surface area contributed by atoms with Gasteiger partial charge in [-0.2, -0.15) is 4.98 Å². The molecule has 1 saturated heterocycles. The number of aromatic nitrogens is 2. The van der Waals surface area contributed by atoms with Crippen LogP contribution in [0.25, 0.3) is 0 Å². The predicted octanol–water partition coefficient (Wildman–Crippen LogP) is 0.942. The molecule has 0 aromatic carbocycles. The molecule has 118 valence electrons. The van der Waals surface area contributed by atoms with E-state index in [2.05, 4.69) is 27.1 Å². The van der Waals surface area contributed by atoms with E-state index in [1.807, 2.05) is 4.90 Å². The largest absolute Gasteiger partial charge is 0.395 e. The van der Waals surface area contributed by atoms with Crippen molar-refractivity contribution in [1.82, 2.24) is 14.9 Å². The van der Waals surface area contributed by atoms with Crippen LogP contribution in [0, 0.1) is 5.82 Å². The number of anilines is 2. The fourth-order valence-corrected chi connectivity index (χ4v) is 2.45. The van der Waals surface area contributed by atoms with Gasteiger partial charge in [0.1, 0.15) is 0 Å². The van der Waals surface area contributed by atoms with Crippen LogP contribution in [-0.2, 0) is 0 Å². The zero-order chi connectivity index (χ0) is 15.1. The summed E-state index contributed by atoms with van der Waals surface area (Å²) in [6.45, 7) is 6.87. The quantitative estimate of drug-likeness (QED) is 0.815. The summed E-state index contributed by atoms with van der Waals surface area (Å²) < 4.78 is 14.0. The lowest BCUT2D eigenvalue weighted by Crippen LogP contribution is -2.33. The van der Waals surface area contributed by atoms with E-state index in [0.717, 1.165) is 39.0 Å². The summed E-state index contributed by atoms with van der Waals surface area (Å²) in [5.74, 6) is 0.465. The molecule has 0 aliphatic carbocycles. The number of rotatable bonds is 6. The van der Waals surface area contributed by atoms with E-state index in [9.17, 15) is 4.39 Å². The Balaban J connectivity index is 2.05. The van der Waals surface area contributed by atoms with E-state index in [4.69, 9.17) is 5.11 Å². The first-order valence-corrected chi connectivity index (χ1v) is 7.59. The molecule has 2 rings (SSSR count). The first kappa shape index (κ1) is 15.9. The molecule has 0 amide bonds. The summed E-state index contributed by atoms with van der Waals surface area (Å²) in [7, 11) is 0. The van der Waals surface area contributed by atoms with Gasteiger partial charge in [0.2, 0.25) is 5.95 Å². The van der Waals surface area contributed by atoms with Crippen molar-refractivity contribution in [2.24, 2.45) is 0 Å². The highest BCUT2D eigenvalue weighted by molar-refractivity contribution is 5.44. The number of halogens is 1. The third-order valence-electron chi connectivity index (χ3n) is 3.56. The number of nitrogens with one attached hydrogen (secondary N) is 1. The topological polar surface area (TPSA) is 64.5 Å². The minimum Gasteiger partial charge on any atom is -0.395 e. The number of nitrogens with zero attached hydrogens (tertiary/aromatic N) is 4. The van der Waals surface area contributed by atoms with Crippen molar-refractivity contribution in [2.45, 2.75) is 19.8 Å². The SMILES string of the molecule is CCCNc1ncc(F)c(N2CCCN(CCO)CC2)n1. The average molecular weight is 297 g/mol. The van der Waals surface area contributed by atoms with Crippen LogP contribution in [0.2, 0.25) is 0 Å². The molecule has 1 aliphatic rings. The molecule has 1 aliphatic heterocycles. The third kappa shape index (κ3) is 4.50. The Labute approximate surface area is 125 Å². The molecule has 0 radical (unpaired) electrons. The summed E-state index contributed by atoms with van der Waals surface area (Å²) in [5, 5.41) is 12.1. The molecule has 2 N–H and O–H groups in total. The number of aliphatic hydroxyl groups is 1. The monoisotopic (exact) mass is 297 g/mol. The van der Waals surface area contributed by atoms with Crippen LogP contribution in [0.4, 0.5) is 16.2 Å². The third-order valence-corrected chi connectivity index (χ3v) is 3.56. The van der Waals surface area contributed by atoms with Crippen molar-refractivity contribution in [2.75, 3.05) is 56.1 Å². The van der Waals surface area contributed by atoms with E-state index < -0.39 is 0 Å². The zero-order valence-corrected chi connectivity index (χ0v) is 12.6. The normalized spacial score (nSPS) is 16.8. The molecule has 1 aromatic heterocycles. The molecule has 0 unspecified atom stereocenters. The maximum Gasteiger partial charge on any atom is 0.224 e. The summed E-state index contributed by atoms with van der Waals surface area (Å²) in [6.07, 6.45) is 3.13. The minimum atomic E-state index is -0.382. The molecule has 7 heteroatoms. The molecule has 1 fully saturated rings. The zero-order valence-electron chi connectivity index (χ0n) is 12.6. The van der Waals surface area contributed by atoms with E-state index in [0.29, 0.717) is 24.9 Å². The Bertz CT molecular complexity index is 445. The van der Waals surface area contributed by atoms with E-state index in [1.54, 1.807) is 0 Å². The van der Waals surface area contributed by atoms with Gasteiger partial charge in [0.15, 0.2) is 11.6 Å². The Hall–Kier alpha value is -1.47. The Morgan fingerprint density at radius 3 is 2.95 bits per heavy atom. The fourth-order valence-electron chi connectivity index (χ4n) is 2.45. The lowest BCUT2D eigenvalue weighted by atomic mass is 10.3. The number of hydrogen-bond acceptors (Lipinski definition) is 6. The van der Waals surface area contributed by atoms with Gasteiger partial charge in [0, 0.05) is 32.7 Å². The van der Waals surface area contributed by atoms with Crippen molar-refractivity contribution in [1.29, 1.82) is 0 Å². The second-order valence-corrected chi connectivity index (χ2v) is 5.20. The van der Waals surface area contributed by atoms with Crippen LogP contribution in [0.3, 0.4) is 0 Å². The maximum absolute atomic E-state index is 14.0. The number of β-amino-alcohol motifs (C(OH)–C–C–N with tert-alkyl or cyclic N) is 1. The second kappa shape index (κ2) is 8.09. The Kier molecular flexibility index (Phi) is 6.13. The highest BCUT2D eigenvalue weighted by Crippen LogP contribution is 2.19. The minimum absolute atomic E-state index is 0.160. The van der Waals surface area contributed by atoms with Crippen LogP contribution >= 0.6 is 0 Å². The van der Waals surface area contributed by atoms with E-state index in [1.165, 1.54) is 6.20 Å². The summed E-state index contributed by atoms with van der Waals surface area (Å²) >= 11 is 0. The van der Waals surface area contributed by atoms with Gasteiger partial charge in [-0.15, -0.1) is 0 Å². The van der Waals surface area contributed by atoms with E-state index >= 15 is 0 Å². The molecule has 21 heavy (non-hydrogen) atoms. The first-order chi connectivity index (χ1) is 10.2. The van der Waals surface area contributed by atoms with Crippen LogP contribution < -0.4 is 10.2 Å². The summed E-state index contributed by atoms with van der Waals surface area (Å²) in [6, 6.07) is 0. The lowest BCUT2D eigenvalue weighted by molar-refractivity contribution is 0.204. The molecule has 0 bridgehead atoms. The van der Waals surface area contributed by atoms with Crippen LogP contribution in [-0.4, -0.2) is 65.8 Å². The van der Waals surface area contributed by atoms with Crippen molar-refractivity contribution in [3.8, 4) is 0 Å². The molecule has 0 atom stereocenters. The molecule has 0 spiro atoms. The standard InChI is InChI=1S/C14H24FN5O/c1-2-4-16-14-17-11-12(15)13(18-14)20-6-3-5-19(7-8-20)9-10-21/h11,21H,2-10H2,1H3,(H,16,17,18). The Morgan fingerprint density at radius 1 is 1.33 bits per heavy atom. The van der Waals surface area contributed by atoms with Crippen molar-refractivity contribution in [3.63, 3.8) is 0 Å². The van der Waals surface area contributed by atoms with Crippen LogP contribution in [0.5, 0.6) is 0 Å². The van der Waals surface area contributed by atoms with Gasteiger partial charge >= 0.3 is 0 Å². The highest BCUT2D eigenvalue weighted by Gasteiger charge is 2.19. The highest BCUT2D eigenvalue weighted by atomic mass is 19.1. The molecule has 0 saturated carbocycles. The van der Waals surface area contributed by atoms with Crippen molar-refractivity contribution >= 4 is 11.8 Å². The second-order valence-electron chi connectivity index (χ2n) is 5.20. The summed E-state index contributed by atoms with van der Waals surface area (Å²) in [4.78, 5) is 12.4. The van der Waals surface area contributed by atoms with Gasteiger partial charge in [-0.25, -0.2) is 9.37 Å². The van der Waals surface area contributed by atoms with Gasteiger partial charge in [0.05, 0.1) is 12.8 Å². The first-order valence-electron chi connectivity index (χ1n) is 7.59. The van der Waals surface area contributed by atoms with Crippen LogP contribution in [0.1, 0.15) is 19.8 Å². The van der Waals surface area contributed by atoms with Crippen LogP contribution in [0.15, 0.2) is 6.20 Å². The predicted molar refractivity (Wildman–Crippen MR) is 81.1 cm³/mol. The molecule has 2 heterocycles. The molecular formula is C14H24FN5O. The maximum atomic E-state index is 14.0. The fraction of sp³-hybridized carbons (Fsp3) is 0.714. The van der Waals surface area contributed by atoms with Gasteiger partial charge in [0.25, 0.3) is 0 Å². The smallest absolute Gasteiger partial charge is 0.224 e. The molecule has 1 aromatic rings. The van der Waals surface area contributed by atoms with Gasteiger partial charge in [-0.1, -0.05) is 6.92 Å². The van der Waals surface area contributed by atoms with Gasteiger partial charge in [-0.3, -0.25) is 4.90 Å². The van der Waals surface area contributed by atoms with Crippen molar-refractivity contribution < 1.29 is 9.50 Å². The molecule has 6 nitrogen and oxygen atoms in total. The van der Waals surface area contributed by atoms with Crippen molar-refractivity contribution in [3.05, 3.63) is 12.0 Å². The average Bonchev–Trinajstić information content (AvgIpc) is 2.72. The molecular weight excluding hydrogens is 273 g/mol. The Morgan fingerprint density at radius 2 is 2.19 bits per heavy atom. The lowest BCUT2D eigenvalue weighted by Gasteiger charge is -2.23. The van der Waals surface area contributed by atoms with Gasteiger partial charge in [-0.05, 0) is 19.4 Å². The number of aliphatic hydroxyl groups excluding tert-OH is 1. The summed E-state index contributed by atoms with van der Waals surface area (Å²) in [5.41, 5.74) is 0. The number of hydrogen-bond donors (Lipinski definition) is 2.